The fraction of sp³-hybridized carbons (Fsp3) is 0.400. The molecule has 1 aliphatic heterocycles. The first-order valence-electron chi connectivity index (χ1n) is 7.03. The number of thiocarbonyl (C=S) groups is 1. The molecular weight excluding hydrogens is 284 g/mol. The molecule has 3 rings (SSSR count). The van der Waals surface area contributed by atoms with Gasteiger partial charge in [-0.05, 0) is 25.0 Å². The maximum atomic E-state index is 12.7. The van der Waals surface area contributed by atoms with E-state index in [0.29, 0.717) is 23.6 Å². The number of aromatic nitrogens is 2. The van der Waals surface area contributed by atoms with E-state index in [4.69, 9.17) is 18.0 Å². The van der Waals surface area contributed by atoms with Crippen LogP contribution in [-0.4, -0.2) is 38.5 Å². The molecule has 0 unspecified atom stereocenters. The maximum absolute atomic E-state index is 12.7. The summed E-state index contributed by atoms with van der Waals surface area (Å²) in [6.45, 7) is 3.43. The summed E-state index contributed by atoms with van der Waals surface area (Å²) in [5.41, 5.74) is 7.16. The fourth-order valence-electron chi connectivity index (χ4n) is 2.72. The van der Waals surface area contributed by atoms with E-state index in [1.54, 1.807) is 10.7 Å². The molecule has 3 heterocycles. The van der Waals surface area contributed by atoms with Crippen molar-refractivity contribution in [2.45, 2.75) is 19.8 Å². The number of carbonyl (C=O) groups excluding carboxylic acids is 1. The second kappa shape index (κ2) is 5.11. The third-order valence-electron chi connectivity index (χ3n) is 4.41. The Morgan fingerprint density at radius 2 is 2.10 bits per heavy atom. The van der Waals surface area contributed by atoms with Gasteiger partial charge >= 0.3 is 0 Å². The van der Waals surface area contributed by atoms with Crippen LogP contribution in [0.5, 0.6) is 0 Å². The van der Waals surface area contributed by atoms with Gasteiger partial charge in [0.2, 0.25) is 0 Å². The summed E-state index contributed by atoms with van der Waals surface area (Å²) in [5, 5.41) is 4.22. The van der Waals surface area contributed by atoms with Crippen LogP contribution in [0.15, 0.2) is 30.6 Å². The zero-order valence-corrected chi connectivity index (χ0v) is 12.8. The van der Waals surface area contributed by atoms with Crippen molar-refractivity contribution >= 4 is 28.6 Å². The van der Waals surface area contributed by atoms with Crippen LogP contribution >= 0.6 is 12.2 Å². The third-order valence-corrected chi connectivity index (χ3v) is 4.90. The first-order valence-corrected chi connectivity index (χ1v) is 7.44. The van der Waals surface area contributed by atoms with Crippen molar-refractivity contribution in [2.24, 2.45) is 11.1 Å². The molecule has 0 aliphatic carbocycles. The number of carbonyl (C=O) groups is 1. The van der Waals surface area contributed by atoms with Crippen LogP contribution < -0.4 is 5.73 Å². The highest BCUT2D eigenvalue weighted by molar-refractivity contribution is 7.80. The summed E-state index contributed by atoms with van der Waals surface area (Å²) in [5.74, 6) is 0.0289. The molecule has 0 bridgehead atoms. The fourth-order valence-corrected chi connectivity index (χ4v) is 2.92. The van der Waals surface area contributed by atoms with Crippen molar-refractivity contribution in [3.63, 3.8) is 0 Å². The van der Waals surface area contributed by atoms with Crippen LogP contribution in [0.25, 0.3) is 5.52 Å². The lowest BCUT2D eigenvalue weighted by atomic mass is 9.80. The van der Waals surface area contributed by atoms with Gasteiger partial charge in [0.15, 0.2) is 0 Å². The minimum atomic E-state index is -0.132. The summed E-state index contributed by atoms with van der Waals surface area (Å²) in [7, 11) is 0. The Morgan fingerprint density at radius 1 is 1.38 bits per heavy atom. The highest BCUT2D eigenvalue weighted by Gasteiger charge is 2.34. The van der Waals surface area contributed by atoms with Gasteiger partial charge in [-0.2, -0.15) is 5.10 Å². The second-order valence-electron chi connectivity index (χ2n) is 5.81. The molecule has 1 amide bonds. The van der Waals surface area contributed by atoms with Gasteiger partial charge in [-0.15, -0.1) is 0 Å². The number of hydrogen-bond acceptors (Lipinski definition) is 3. The molecule has 21 heavy (non-hydrogen) atoms. The summed E-state index contributed by atoms with van der Waals surface area (Å²) in [6, 6.07) is 5.71. The van der Waals surface area contributed by atoms with Crippen LogP contribution in [0.1, 0.15) is 30.1 Å². The molecule has 2 N–H and O–H groups in total. The van der Waals surface area contributed by atoms with Crippen LogP contribution in [0.3, 0.4) is 0 Å². The molecule has 6 heteroatoms. The molecule has 0 radical (unpaired) electrons. The highest BCUT2D eigenvalue weighted by Crippen LogP contribution is 2.31. The van der Waals surface area contributed by atoms with Crippen molar-refractivity contribution in [3.05, 3.63) is 36.2 Å². The lowest BCUT2D eigenvalue weighted by molar-refractivity contribution is 0.0672. The SMILES string of the molecule is CC1(C(N)=S)CCN(C(=O)c2cnn3ccccc23)CC1. The molecule has 0 atom stereocenters. The second-order valence-corrected chi connectivity index (χ2v) is 6.25. The average Bonchev–Trinajstić information content (AvgIpc) is 2.91. The number of rotatable bonds is 2. The van der Waals surface area contributed by atoms with Gasteiger partial charge in [0.1, 0.15) is 0 Å². The van der Waals surface area contributed by atoms with Gasteiger partial charge < -0.3 is 10.6 Å². The molecule has 1 aliphatic rings. The van der Waals surface area contributed by atoms with Crippen LogP contribution in [-0.2, 0) is 0 Å². The third kappa shape index (κ3) is 2.40. The number of fused-ring (bicyclic) bond motifs is 1. The van der Waals surface area contributed by atoms with Crippen LogP contribution in [0.2, 0.25) is 0 Å². The van der Waals surface area contributed by atoms with Crippen molar-refractivity contribution in [1.29, 1.82) is 0 Å². The van der Waals surface area contributed by atoms with Gasteiger partial charge in [-0.25, -0.2) is 4.52 Å². The smallest absolute Gasteiger partial charge is 0.257 e. The van der Waals surface area contributed by atoms with E-state index in [0.717, 1.165) is 18.4 Å². The predicted molar refractivity (Wildman–Crippen MR) is 85.2 cm³/mol. The highest BCUT2D eigenvalue weighted by atomic mass is 32.1. The Hall–Kier alpha value is -1.95. The number of pyridine rings is 1. The largest absolute Gasteiger partial charge is 0.393 e. The number of nitrogens with two attached hydrogens (primary N) is 1. The van der Waals surface area contributed by atoms with Crippen molar-refractivity contribution in [3.8, 4) is 0 Å². The normalized spacial score (nSPS) is 17.9. The first kappa shape index (κ1) is 14.0. The molecule has 1 saturated heterocycles. The van der Waals surface area contributed by atoms with Crippen LogP contribution in [0, 0.1) is 5.41 Å². The first-order chi connectivity index (χ1) is 10.0. The topological polar surface area (TPSA) is 63.6 Å². The molecule has 0 saturated carbocycles. The quantitative estimate of drug-likeness (QED) is 0.860. The number of likely N-dealkylation sites (tertiary alicyclic amines) is 1. The van der Waals surface area contributed by atoms with Crippen molar-refractivity contribution < 1.29 is 4.79 Å². The molecule has 110 valence electrons. The zero-order chi connectivity index (χ0) is 15.0. The van der Waals surface area contributed by atoms with Crippen LogP contribution in [0.4, 0.5) is 0 Å². The molecule has 0 spiro atoms. The average molecular weight is 302 g/mol. The Kier molecular flexibility index (Phi) is 3.41. The monoisotopic (exact) mass is 302 g/mol. The molecule has 2 aromatic rings. The van der Waals surface area contributed by atoms with E-state index in [9.17, 15) is 4.79 Å². The molecular formula is C15H18N4OS. The summed E-state index contributed by atoms with van der Waals surface area (Å²) >= 11 is 5.14. The number of amides is 1. The van der Waals surface area contributed by atoms with Gasteiger partial charge in [0.05, 0.1) is 22.3 Å². The number of nitrogens with zero attached hydrogens (tertiary/aromatic N) is 3. The molecule has 1 fully saturated rings. The summed E-state index contributed by atoms with van der Waals surface area (Å²) in [4.78, 5) is 15.1. The Morgan fingerprint density at radius 3 is 2.76 bits per heavy atom. The lowest BCUT2D eigenvalue weighted by Crippen LogP contribution is -2.46. The molecule has 5 nitrogen and oxygen atoms in total. The Bertz CT molecular complexity index is 701. The predicted octanol–water partition coefficient (Wildman–Crippen LogP) is 1.86. The van der Waals surface area contributed by atoms with Gasteiger partial charge in [-0.1, -0.05) is 25.2 Å². The summed E-state index contributed by atoms with van der Waals surface area (Å²) < 4.78 is 1.72. The van der Waals surface area contributed by atoms with Gasteiger partial charge in [-0.3, -0.25) is 4.79 Å². The molecule has 0 aromatic carbocycles. The van der Waals surface area contributed by atoms with Crippen molar-refractivity contribution in [2.75, 3.05) is 13.1 Å². The number of hydrogen-bond donors (Lipinski definition) is 1. The molecule has 2 aromatic heterocycles. The number of piperidine rings is 1. The lowest BCUT2D eigenvalue weighted by Gasteiger charge is -2.38. The van der Waals surface area contributed by atoms with Gasteiger partial charge in [0, 0.05) is 24.7 Å². The Balaban J connectivity index is 1.80. The minimum absolute atomic E-state index is 0.0289. The van der Waals surface area contributed by atoms with E-state index in [-0.39, 0.29) is 11.3 Å². The van der Waals surface area contributed by atoms with Gasteiger partial charge in [0.25, 0.3) is 5.91 Å². The van der Waals surface area contributed by atoms with E-state index >= 15 is 0 Å². The van der Waals surface area contributed by atoms with Crippen molar-refractivity contribution in [1.82, 2.24) is 14.5 Å². The van der Waals surface area contributed by atoms with E-state index in [1.165, 1.54) is 0 Å². The van der Waals surface area contributed by atoms with E-state index in [1.807, 2.05) is 29.3 Å². The van der Waals surface area contributed by atoms with E-state index in [2.05, 4.69) is 12.0 Å². The Labute approximate surface area is 128 Å². The summed E-state index contributed by atoms with van der Waals surface area (Å²) in [6.07, 6.45) is 5.10. The maximum Gasteiger partial charge on any atom is 0.257 e. The van der Waals surface area contributed by atoms with E-state index < -0.39 is 0 Å². The minimum Gasteiger partial charge on any atom is -0.393 e. The zero-order valence-electron chi connectivity index (χ0n) is 12.0. The standard InChI is InChI=1S/C15H18N4OS/c1-15(14(16)21)5-8-18(9-6-15)13(20)11-10-17-19-7-3-2-4-12(11)19/h2-4,7,10H,5-6,8-9H2,1H3,(H2,16,21).